The van der Waals surface area contributed by atoms with E-state index in [1.54, 1.807) is 0 Å². The summed E-state index contributed by atoms with van der Waals surface area (Å²) >= 11 is 0. The monoisotopic (exact) mass is 493 g/mol. The van der Waals surface area contributed by atoms with Crippen molar-refractivity contribution >= 4 is 11.9 Å². The van der Waals surface area contributed by atoms with Crippen molar-refractivity contribution in [2.75, 3.05) is 0 Å². The molecule has 200 valence electrons. The van der Waals surface area contributed by atoms with E-state index in [2.05, 4.69) is 26.1 Å². The number of carbonyl (C=O) groups is 2. The highest BCUT2D eigenvalue weighted by molar-refractivity contribution is 5.83. The Kier molecular flexibility index (Phi) is 7.63. The molecule has 0 spiro atoms. The summed E-state index contributed by atoms with van der Waals surface area (Å²) in [7, 11) is 0. The molecule has 35 heavy (non-hydrogen) atoms. The highest BCUT2D eigenvalue weighted by atomic mass is 16.4. The van der Waals surface area contributed by atoms with Gasteiger partial charge in [0.1, 0.15) is 0 Å². The number of hydrogen-bond donors (Lipinski definition) is 5. The lowest BCUT2D eigenvalue weighted by Crippen LogP contribution is -2.58. The van der Waals surface area contributed by atoms with Gasteiger partial charge in [0.2, 0.25) is 5.91 Å². The number of carbonyl (C=O) groups excluding carboxylic acids is 1. The third-order valence-corrected chi connectivity index (χ3v) is 11.3. The summed E-state index contributed by atoms with van der Waals surface area (Å²) in [5, 5.41) is 43.0. The molecule has 12 atom stereocenters. The molecule has 0 radical (unpaired) electrons. The van der Waals surface area contributed by atoms with Crippen LogP contribution in [0.4, 0.5) is 0 Å². The first-order chi connectivity index (χ1) is 16.4. The quantitative estimate of drug-likeness (QED) is 0.370. The van der Waals surface area contributed by atoms with Gasteiger partial charge in [-0.15, -0.1) is 0 Å². The van der Waals surface area contributed by atoms with E-state index in [1.807, 2.05) is 0 Å². The Morgan fingerprint density at radius 3 is 2.29 bits per heavy atom. The fourth-order valence-corrected chi connectivity index (χ4v) is 9.37. The van der Waals surface area contributed by atoms with Crippen molar-refractivity contribution in [3.63, 3.8) is 0 Å². The van der Waals surface area contributed by atoms with E-state index in [0.29, 0.717) is 41.9 Å². The van der Waals surface area contributed by atoms with Gasteiger partial charge < -0.3 is 25.7 Å². The zero-order chi connectivity index (χ0) is 25.7. The van der Waals surface area contributed by atoms with Crippen LogP contribution in [0.15, 0.2) is 0 Å². The summed E-state index contributed by atoms with van der Waals surface area (Å²) in [6.45, 7) is 8.44. The second-order valence-electron chi connectivity index (χ2n) is 13.1. The van der Waals surface area contributed by atoms with Crippen molar-refractivity contribution in [3.8, 4) is 0 Å². The van der Waals surface area contributed by atoms with Crippen LogP contribution in [0.5, 0.6) is 0 Å². The number of carboxylic acids is 1. The second-order valence-corrected chi connectivity index (χ2v) is 13.1. The molecule has 4 aliphatic carbocycles. The van der Waals surface area contributed by atoms with Crippen molar-refractivity contribution in [3.05, 3.63) is 0 Å². The van der Waals surface area contributed by atoms with E-state index < -0.39 is 18.1 Å². The van der Waals surface area contributed by atoms with Crippen LogP contribution in [-0.4, -0.2) is 56.7 Å². The highest BCUT2D eigenvalue weighted by Crippen LogP contribution is 2.68. The fraction of sp³-hybridized carbons (Fsp3) is 0.929. The zero-order valence-electron chi connectivity index (χ0n) is 21.9. The van der Waals surface area contributed by atoms with Gasteiger partial charge in [-0.25, -0.2) is 4.79 Å². The Labute approximate surface area is 210 Å². The van der Waals surface area contributed by atoms with Gasteiger partial charge in [-0.1, -0.05) is 20.8 Å². The van der Waals surface area contributed by atoms with Crippen molar-refractivity contribution in [1.82, 2.24) is 5.32 Å². The molecule has 0 aliphatic heterocycles. The van der Waals surface area contributed by atoms with E-state index in [-0.39, 0.29) is 35.4 Å². The van der Waals surface area contributed by atoms with Gasteiger partial charge in [0.05, 0.1) is 18.3 Å². The first kappa shape index (κ1) is 26.9. The molecule has 0 saturated heterocycles. The first-order valence-corrected chi connectivity index (χ1v) is 13.9. The third kappa shape index (κ3) is 4.77. The van der Waals surface area contributed by atoms with Gasteiger partial charge >= 0.3 is 5.97 Å². The van der Waals surface area contributed by atoms with Crippen LogP contribution in [0.3, 0.4) is 0 Å². The number of nitrogens with one attached hydrogen (secondary N) is 1. The molecule has 0 aromatic heterocycles. The van der Waals surface area contributed by atoms with E-state index in [0.717, 1.165) is 51.4 Å². The van der Waals surface area contributed by atoms with E-state index >= 15 is 0 Å². The molecule has 0 heterocycles. The molecule has 4 saturated carbocycles. The molecular weight excluding hydrogens is 446 g/mol. The summed E-state index contributed by atoms with van der Waals surface area (Å²) in [6, 6.07) is -1.28. The molecule has 0 bridgehead atoms. The van der Waals surface area contributed by atoms with Gasteiger partial charge in [0.25, 0.3) is 0 Å². The standard InChI is InChI=1S/C28H47NO6/c1-15(5-8-23(33)29-25(16(2)30)26(34)35)19-6-7-20-24-21(10-12-28(19,20)4)27(3)11-9-18(31)13-17(27)14-22(24)32/h15-22,24-25,30-32H,5-14H2,1-4H3,(H,29,33)(H,34,35)/t15-,16?,17+,18-,19-,20+,21+,22+,24+,25+,27+,28-/m1/s1. The summed E-state index contributed by atoms with van der Waals surface area (Å²) in [5.74, 6) is 1.03. The van der Waals surface area contributed by atoms with Crippen LogP contribution in [0.25, 0.3) is 0 Å². The minimum Gasteiger partial charge on any atom is -0.480 e. The molecule has 1 unspecified atom stereocenters. The predicted molar refractivity (Wildman–Crippen MR) is 132 cm³/mol. The van der Waals surface area contributed by atoms with Gasteiger partial charge in [-0.3, -0.25) is 4.79 Å². The van der Waals surface area contributed by atoms with Crippen LogP contribution < -0.4 is 5.32 Å². The smallest absolute Gasteiger partial charge is 0.328 e. The molecule has 0 aromatic rings. The lowest BCUT2D eigenvalue weighted by molar-refractivity contribution is -0.174. The highest BCUT2D eigenvalue weighted by Gasteiger charge is 2.62. The zero-order valence-corrected chi connectivity index (χ0v) is 21.9. The van der Waals surface area contributed by atoms with Gasteiger partial charge in [-0.05, 0) is 111 Å². The maximum Gasteiger partial charge on any atom is 0.328 e. The Balaban J connectivity index is 1.41. The van der Waals surface area contributed by atoms with Crippen LogP contribution in [-0.2, 0) is 9.59 Å². The van der Waals surface area contributed by atoms with Crippen LogP contribution in [0, 0.1) is 46.3 Å². The summed E-state index contributed by atoms with van der Waals surface area (Å²) < 4.78 is 0. The summed E-state index contributed by atoms with van der Waals surface area (Å²) in [6.07, 6.45) is 7.42. The lowest BCUT2D eigenvalue weighted by Gasteiger charge is -2.62. The fourth-order valence-electron chi connectivity index (χ4n) is 9.37. The van der Waals surface area contributed by atoms with Crippen molar-refractivity contribution in [1.29, 1.82) is 0 Å². The van der Waals surface area contributed by atoms with Crippen LogP contribution >= 0.6 is 0 Å². The Morgan fingerprint density at radius 1 is 0.971 bits per heavy atom. The molecule has 0 aromatic carbocycles. The maximum absolute atomic E-state index is 12.4. The average Bonchev–Trinajstić information content (AvgIpc) is 3.13. The maximum atomic E-state index is 12.4. The lowest BCUT2D eigenvalue weighted by atomic mass is 9.43. The SMILES string of the molecule is CC(O)[C@H](NC(=O)CC[C@@H](C)[C@H]1CC[C@H]2[C@@H]3[C@@H](O)C[C@@H]4C[C@H](O)CC[C@]4(C)[C@H]3CC[C@]12C)C(=O)O. The number of aliphatic hydroxyl groups is 3. The van der Waals surface area contributed by atoms with Crippen molar-refractivity contribution < 1.29 is 30.0 Å². The van der Waals surface area contributed by atoms with E-state index in [9.17, 15) is 30.0 Å². The molecule has 4 rings (SSSR count). The minimum atomic E-state index is -1.28. The number of fused-ring (bicyclic) bond motifs is 5. The molecule has 1 amide bonds. The summed E-state index contributed by atoms with van der Waals surface area (Å²) in [5.41, 5.74) is 0.370. The largest absolute Gasteiger partial charge is 0.480 e. The second kappa shape index (κ2) is 9.94. The molecule has 7 heteroatoms. The molecule has 7 nitrogen and oxygen atoms in total. The minimum absolute atomic E-state index is 0.151. The first-order valence-electron chi connectivity index (χ1n) is 13.9. The van der Waals surface area contributed by atoms with E-state index in [4.69, 9.17) is 0 Å². The van der Waals surface area contributed by atoms with Crippen molar-refractivity contribution in [2.45, 2.75) is 116 Å². The summed E-state index contributed by atoms with van der Waals surface area (Å²) in [4.78, 5) is 23.7. The van der Waals surface area contributed by atoms with Gasteiger partial charge in [0, 0.05) is 6.42 Å². The molecule has 5 N–H and O–H groups in total. The van der Waals surface area contributed by atoms with Crippen LogP contribution in [0.2, 0.25) is 0 Å². The normalized spacial score (nSPS) is 45.4. The number of amides is 1. The number of hydrogen-bond acceptors (Lipinski definition) is 5. The van der Waals surface area contributed by atoms with E-state index in [1.165, 1.54) is 6.92 Å². The number of aliphatic hydroxyl groups excluding tert-OH is 3. The average molecular weight is 494 g/mol. The molecule has 4 fully saturated rings. The third-order valence-electron chi connectivity index (χ3n) is 11.3. The van der Waals surface area contributed by atoms with Gasteiger partial charge in [0.15, 0.2) is 6.04 Å². The predicted octanol–water partition coefficient (Wildman–Crippen LogP) is 3.34. The van der Waals surface area contributed by atoms with Crippen molar-refractivity contribution in [2.24, 2.45) is 46.3 Å². The Hall–Kier alpha value is -1.18. The number of carboxylic acid groups (broad SMARTS) is 1. The number of aliphatic carboxylic acids is 1. The Bertz CT molecular complexity index is 802. The van der Waals surface area contributed by atoms with Gasteiger partial charge in [-0.2, -0.15) is 0 Å². The number of rotatable bonds is 7. The van der Waals surface area contributed by atoms with Crippen LogP contribution in [0.1, 0.15) is 91.9 Å². The topological polar surface area (TPSA) is 127 Å². The Morgan fingerprint density at radius 2 is 1.63 bits per heavy atom. The molecular formula is C28H47NO6. The molecule has 4 aliphatic rings.